The molecule has 0 fully saturated rings. The van der Waals surface area contributed by atoms with Gasteiger partial charge in [-0.25, -0.2) is 0 Å². The Balaban J connectivity index is 1.97. The molecule has 0 spiro atoms. The lowest BCUT2D eigenvalue weighted by atomic mass is 10.1. The molecule has 3 aromatic carbocycles. The lowest BCUT2D eigenvalue weighted by Crippen LogP contribution is -2.23. The predicted octanol–water partition coefficient (Wildman–Crippen LogP) is 2.63. The zero-order chi connectivity index (χ0) is 25.1. The summed E-state index contributed by atoms with van der Waals surface area (Å²) < 4.78 is 97.0. The fraction of sp³-hybridized carbons (Fsp3) is 0.143. The van der Waals surface area contributed by atoms with E-state index in [2.05, 4.69) is 0 Å². The van der Waals surface area contributed by atoms with Crippen LogP contribution in [0.2, 0.25) is 0 Å². The van der Waals surface area contributed by atoms with Crippen molar-refractivity contribution >= 4 is 30.4 Å². The van der Waals surface area contributed by atoms with Crippen molar-refractivity contribution in [3.8, 4) is 0 Å². The third-order valence-corrected chi connectivity index (χ3v) is 7.36. The topological polar surface area (TPSA) is 166 Å². The average Bonchev–Trinajstić information content (AvgIpc) is 2.72. The molecule has 0 bridgehead atoms. The van der Waals surface area contributed by atoms with Gasteiger partial charge in [-0.15, -0.1) is 0 Å². The molecule has 0 aliphatic rings. The molecule has 0 heterocycles. The second kappa shape index (κ2) is 9.92. The van der Waals surface area contributed by atoms with Gasteiger partial charge in [0.05, 0.1) is 14.7 Å². The second-order valence-corrected chi connectivity index (χ2v) is 11.8. The quantitative estimate of drug-likeness (QED) is 0.352. The average molecular weight is 528 g/mol. The van der Waals surface area contributed by atoms with E-state index in [0.717, 1.165) is 0 Å². The summed E-state index contributed by atoms with van der Waals surface area (Å²) in [5.74, 6) is 0. The van der Waals surface area contributed by atoms with Crippen LogP contribution in [-0.2, 0) is 50.0 Å². The first kappa shape index (κ1) is 26.0. The van der Waals surface area contributed by atoms with Crippen LogP contribution < -0.4 is 0 Å². The van der Waals surface area contributed by atoms with E-state index in [9.17, 15) is 38.9 Å². The Labute approximate surface area is 197 Å². The molecule has 0 aromatic heterocycles. The van der Waals surface area contributed by atoms with Gasteiger partial charge < -0.3 is 0 Å². The van der Waals surface area contributed by atoms with Crippen LogP contribution in [-0.4, -0.2) is 43.8 Å². The molecule has 34 heavy (non-hydrogen) atoms. The Morgan fingerprint density at radius 1 is 0.500 bits per heavy atom. The maximum Gasteiger partial charge on any atom is 0.294 e. The maximum absolute atomic E-state index is 11.5. The van der Waals surface area contributed by atoms with E-state index in [1.165, 1.54) is 54.6 Å². The van der Waals surface area contributed by atoms with Crippen LogP contribution in [0.25, 0.3) is 0 Å². The number of hydrogen-bond acceptors (Lipinski definition) is 7. The smallest absolute Gasteiger partial charge is 0.291 e. The van der Waals surface area contributed by atoms with Crippen molar-refractivity contribution in [2.75, 3.05) is 0 Å². The molecule has 0 atom stereocenters. The van der Waals surface area contributed by atoms with Crippen LogP contribution in [0, 0.1) is 0 Å². The molecule has 3 rings (SSSR count). The van der Waals surface area contributed by atoms with E-state index < -0.39 is 30.4 Å². The monoisotopic (exact) mass is 527 g/mol. The minimum Gasteiger partial charge on any atom is -0.291 e. The van der Waals surface area contributed by atoms with E-state index in [1.54, 1.807) is 23.1 Å². The van der Waals surface area contributed by atoms with Crippen molar-refractivity contribution in [1.82, 2.24) is 4.90 Å². The third-order valence-electron chi connectivity index (χ3n) is 4.81. The van der Waals surface area contributed by atoms with Gasteiger partial charge in [0.2, 0.25) is 0 Å². The second-order valence-electron chi connectivity index (χ2n) is 7.51. The molecule has 0 radical (unpaired) electrons. The van der Waals surface area contributed by atoms with Crippen molar-refractivity contribution in [3.05, 3.63) is 89.5 Å². The van der Waals surface area contributed by atoms with Crippen molar-refractivity contribution in [3.63, 3.8) is 0 Å². The van der Waals surface area contributed by atoms with Gasteiger partial charge >= 0.3 is 0 Å². The summed E-state index contributed by atoms with van der Waals surface area (Å²) in [5.41, 5.74) is 1.52. The molecule has 3 N–H and O–H groups in total. The van der Waals surface area contributed by atoms with E-state index in [4.69, 9.17) is 0 Å². The molecule has 0 saturated carbocycles. The van der Waals surface area contributed by atoms with Crippen molar-refractivity contribution in [1.29, 1.82) is 0 Å². The largest absolute Gasteiger partial charge is 0.294 e. The molecule has 0 aliphatic heterocycles. The predicted molar refractivity (Wildman–Crippen MR) is 122 cm³/mol. The van der Waals surface area contributed by atoms with E-state index in [1.807, 2.05) is 0 Å². The molecule has 0 unspecified atom stereocenters. The molecular formula is C21H21NO9S3. The maximum atomic E-state index is 11.5. The van der Waals surface area contributed by atoms with Crippen LogP contribution in [0.3, 0.4) is 0 Å². The highest BCUT2D eigenvalue weighted by Crippen LogP contribution is 2.20. The summed E-state index contributed by atoms with van der Waals surface area (Å²) in [4.78, 5) is 0.861. The number of nitrogens with zero attached hydrogens (tertiary/aromatic N) is 1. The number of hydrogen-bond donors (Lipinski definition) is 3. The number of benzene rings is 3. The van der Waals surface area contributed by atoms with Gasteiger partial charge in [0.1, 0.15) is 0 Å². The highest BCUT2D eigenvalue weighted by Gasteiger charge is 2.16. The summed E-state index contributed by atoms with van der Waals surface area (Å²) in [6.07, 6.45) is 0. The standard InChI is InChI=1S/C21H21NO9S3/c23-32(24,25)19-7-1-4-16(10-19)13-22(14-17-5-2-8-20(11-17)33(26,27)28)15-18-6-3-9-21(12-18)34(29,30)31/h1-12H,13-15H2,(H,23,24,25)(H,26,27,28)(H,29,30,31). The highest BCUT2D eigenvalue weighted by molar-refractivity contribution is 7.86. The van der Waals surface area contributed by atoms with Crippen LogP contribution in [0.1, 0.15) is 16.7 Å². The summed E-state index contributed by atoms with van der Waals surface area (Å²) in [5, 5.41) is 0. The van der Waals surface area contributed by atoms with Gasteiger partial charge in [0.15, 0.2) is 0 Å². The van der Waals surface area contributed by atoms with Crippen LogP contribution in [0.15, 0.2) is 87.5 Å². The molecule has 3 aromatic rings. The van der Waals surface area contributed by atoms with Crippen molar-refractivity contribution in [2.45, 2.75) is 34.3 Å². The Kier molecular flexibility index (Phi) is 7.57. The minimum atomic E-state index is -4.43. The van der Waals surface area contributed by atoms with E-state index >= 15 is 0 Å². The molecule has 0 aliphatic carbocycles. The summed E-state index contributed by atoms with van der Waals surface area (Å²) in [6, 6.07) is 16.8. The van der Waals surface area contributed by atoms with Crippen LogP contribution in [0.5, 0.6) is 0 Å². The Morgan fingerprint density at radius 2 is 0.765 bits per heavy atom. The zero-order valence-corrected chi connectivity index (χ0v) is 20.0. The van der Waals surface area contributed by atoms with Crippen molar-refractivity contribution in [2.24, 2.45) is 0 Å². The molecule has 0 amide bonds. The molecule has 10 nitrogen and oxygen atoms in total. The Bertz CT molecular complexity index is 1330. The van der Waals surface area contributed by atoms with E-state index in [0.29, 0.717) is 16.7 Å². The first-order valence-electron chi connectivity index (χ1n) is 9.63. The zero-order valence-electron chi connectivity index (χ0n) is 17.5. The molecule has 182 valence electrons. The minimum absolute atomic E-state index is 0.134. The molecule has 13 heteroatoms. The number of rotatable bonds is 9. The first-order chi connectivity index (χ1) is 15.7. The Morgan fingerprint density at radius 3 is 1.00 bits per heavy atom. The van der Waals surface area contributed by atoms with Crippen LogP contribution >= 0.6 is 0 Å². The fourth-order valence-electron chi connectivity index (χ4n) is 3.36. The summed E-state index contributed by atoms with van der Waals surface area (Å²) >= 11 is 0. The summed E-state index contributed by atoms with van der Waals surface area (Å²) in [7, 11) is -13.3. The lowest BCUT2D eigenvalue weighted by molar-refractivity contribution is 0.247. The first-order valence-corrected chi connectivity index (χ1v) is 14.0. The van der Waals surface area contributed by atoms with Gasteiger partial charge in [0, 0.05) is 19.6 Å². The van der Waals surface area contributed by atoms with E-state index in [-0.39, 0.29) is 34.3 Å². The normalized spacial score (nSPS) is 12.7. The fourth-order valence-corrected chi connectivity index (χ4v) is 5.01. The molecule has 0 saturated heterocycles. The van der Waals surface area contributed by atoms with Gasteiger partial charge in [-0.1, -0.05) is 36.4 Å². The Hall–Kier alpha value is -2.65. The van der Waals surface area contributed by atoms with Gasteiger partial charge in [-0.2, -0.15) is 25.3 Å². The van der Waals surface area contributed by atoms with Gasteiger partial charge in [-0.05, 0) is 53.1 Å². The molecular weight excluding hydrogens is 506 g/mol. The lowest BCUT2D eigenvalue weighted by Gasteiger charge is -2.23. The SMILES string of the molecule is O=S(=O)(O)c1cccc(CN(Cc2cccc(S(=O)(=O)O)c2)Cc2cccc(S(=O)(=O)O)c2)c1. The summed E-state index contributed by atoms with van der Waals surface area (Å²) in [6.45, 7) is 0.403. The van der Waals surface area contributed by atoms with Gasteiger partial charge in [0.25, 0.3) is 30.4 Å². The third kappa shape index (κ3) is 7.17. The van der Waals surface area contributed by atoms with Crippen LogP contribution in [0.4, 0.5) is 0 Å². The van der Waals surface area contributed by atoms with Gasteiger partial charge in [-0.3, -0.25) is 18.6 Å². The highest BCUT2D eigenvalue weighted by atomic mass is 32.2. The van der Waals surface area contributed by atoms with Crippen molar-refractivity contribution < 1.29 is 38.9 Å².